The first-order valence-electron chi connectivity index (χ1n) is 7.76. The molecule has 2 unspecified atom stereocenters. The van der Waals surface area contributed by atoms with E-state index in [1.165, 1.54) is 25.2 Å². The molecule has 19 heavy (non-hydrogen) atoms. The van der Waals surface area contributed by atoms with Crippen molar-refractivity contribution in [3.63, 3.8) is 0 Å². The molecular formula is C16H31N3. The van der Waals surface area contributed by atoms with Crippen LogP contribution in [0.5, 0.6) is 0 Å². The summed E-state index contributed by atoms with van der Waals surface area (Å²) in [6.45, 7) is 19.4. The fourth-order valence-electron chi connectivity index (χ4n) is 3.42. The summed E-state index contributed by atoms with van der Waals surface area (Å²) in [7, 11) is 0. The van der Waals surface area contributed by atoms with E-state index in [0.29, 0.717) is 11.5 Å². The molecule has 110 valence electrons. The Balaban J connectivity index is 1.94. The maximum absolute atomic E-state index is 4.33. The Morgan fingerprint density at radius 1 is 1.21 bits per heavy atom. The van der Waals surface area contributed by atoms with Crippen LogP contribution in [0.1, 0.15) is 40.5 Å². The first-order valence-corrected chi connectivity index (χ1v) is 7.76. The standard InChI is InChI=1S/C16H31N3/c1-13(10-16(3,4)5)18-7-6-15-12-17-11-14(2)19(15)9-8-18/h14-15,17H,1,6-12H2,2-5H3. The zero-order valence-electron chi connectivity index (χ0n) is 13.2. The summed E-state index contributed by atoms with van der Waals surface area (Å²) in [5.41, 5.74) is 1.67. The third-order valence-electron chi connectivity index (χ3n) is 4.40. The van der Waals surface area contributed by atoms with Crippen molar-refractivity contribution in [2.24, 2.45) is 5.41 Å². The number of hydrogen-bond donors (Lipinski definition) is 1. The molecule has 2 rings (SSSR count). The van der Waals surface area contributed by atoms with E-state index in [-0.39, 0.29) is 0 Å². The summed E-state index contributed by atoms with van der Waals surface area (Å²) < 4.78 is 0. The topological polar surface area (TPSA) is 18.5 Å². The van der Waals surface area contributed by atoms with Crippen LogP contribution in [0.15, 0.2) is 12.3 Å². The van der Waals surface area contributed by atoms with Crippen molar-refractivity contribution in [2.45, 2.75) is 52.6 Å². The van der Waals surface area contributed by atoms with E-state index >= 15 is 0 Å². The molecule has 0 aromatic carbocycles. The summed E-state index contributed by atoms with van der Waals surface area (Å²) in [5, 5.41) is 3.56. The molecule has 2 heterocycles. The number of hydrogen-bond acceptors (Lipinski definition) is 3. The molecule has 0 bridgehead atoms. The Kier molecular flexibility index (Phi) is 4.57. The lowest BCUT2D eigenvalue weighted by molar-refractivity contribution is 0.113. The third kappa shape index (κ3) is 3.96. The fraction of sp³-hybridized carbons (Fsp3) is 0.875. The summed E-state index contributed by atoms with van der Waals surface area (Å²) in [6, 6.07) is 1.39. The second kappa shape index (κ2) is 5.84. The SMILES string of the molecule is C=C(CC(C)(C)C)N1CCC2CNCC(C)N2CC1. The van der Waals surface area contributed by atoms with E-state index in [0.717, 1.165) is 32.1 Å². The number of allylic oxidation sites excluding steroid dienone is 1. The Labute approximate surface area is 119 Å². The minimum absolute atomic E-state index is 0.339. The van der Waals surface area contributed by atoms with Gasteiger partial charge in [-0.1, -0.05) is 27.4 Å². The van der Waals surface area contributed by atoms with Gasteiger partial charge < -0.3 is 10.2 Å². The fourth-order valence-corrected chi connectivity index (χ4v) is 3.42. The van der Waals surface area contributed by atoms with Crippen molar-refractivity contribution in [1.82, 2.24) is 15.1 Å². The van der Waals surface area contributed by atoms with Gasteiger partial charge >= 0.3 is 0 Å². The van der Waals surface area contributed by atoms with Gasteiger partial charge in [-0.05, 0) is 25.2 Å². The highest BCUT2D eigenvalue weighted by molar-refractivity contribution is 5.00. The molecule has 0 aliphatic carbocycles. The van der Waals surface area contributed by atoms with Gasteiger partial charge in [-0.3, -0.25) is 4.90 Å². The molecule has 0 aromatic heterocycles. The summed E-state index contributed by atoms with van der Waals surface area (Å²) in [5.74, 6) is 0. The van der Waals surface area contributed by atoms with Gasteiger partial charge in [0.15, 0.2) is 0 Å². The van der Waals surface area contributed by atoms with Gasteiger partial charge in [-0.25, -0.2) is 0 Å². The smallest absolute Gasteiger partial charge is 0.0302 e. The van der Waals surface area contributed by atoms with Crippen LogP contribution >= 0.6 is 0 Å². The number of nitrogens with one attached hydrogen (secondary N) is 1. The summed E-state index contributed by atoms with van der Waals surface area (Å²) in [4.78, 5) is 5.22. The summed E-state index contributed by atoms with van der Waals surface area (Å²) >= 11 is 0. The van der Waals surface area contributed by atoms with Crippen molar-refractivity contribution < 1.29 is 0 Å². The van der Waals surface area contributed by atoms with E-state index < -0.39 is 0 Å². The molecule has 2 aliphatic heterocycles. The number of fused-ring (bicyclic) bond motifs is 1. The molecule has 1 N–H and O–H groups in total. The van der Waals surface area contributed by atoms with Crippen LogP contribution < -0.4 is 5.32 Å². The minimum Gasteiger partial charge on any atom is -0.374 e. The molecule has 2 aliphatic rings. The maximum atomic E-state index is 4.33. The molecule has 2 saturated heterocycles. The van der Waals surface area contributed by atoms with Gasteiger partial charge in [0.1, 0.15) is 0 Å². The van der Waals surface area contributed by atoms with Gasteiger partial charge in [-0.2, -0.15) is 0 Å². The van der Waals surface area contributed by atoms with Crippen LogP contribution in [0.25, 0.3) is 0 Å². The summed E-state index contributed by atoms with van der Waals surface area (Å²) in [6.07, 6.45) is 2.37. The molecule has 2 fully saturated rings. The third-order valence-corrected chi connectivity index (χ3v) is 4.40. The zero-order chi connectivity index (χ0) is 14.0. The molecule has 0 aromatic rings. The van der Waals surface area contributed by atoms with Crippen molar-refractivity contribution in [3.05, 3.63) is 12.3 Å². The maximum Gasteiger partial charge on any atom is 0.0302 e. The molecule has 3 nitrogen and oxygen atoms in total. The molecule has 0 radical (unpaired) electrons. The van der Waals surface area contributed by atoms with Crippen LogP contribution in [-0.2, 0) is 0 Å². The Morgan fingerprint density at radius 3 is 2.63 bits per heavy atom. The zero-order valence-corrected chi connectivity index (χ0v) is 13.2. The van der Waals surface area contributed by atoms with Crippen molar-refractivity contribution in [3.8, 4) is 0 Å². The van der Waals surface area contributed by atoms with Crippen LogP contribution in [0, 0.1) is 5.41 Å². The van der Waals surface area contributed by atoms with E-state index in [1.807, 2.05) is 0 Å². The second-order valence-corrected chi connectivity index (χ2v) is 7.48. The molecular weight excluding hydrogens is 234 g/mol. The van der Waals surface area contributed by atoms with Crippen molar-refractivity contribution in [1.29, 1.82) is 0 Å². The molecule has 2 atom stereocenters. The van der Waals surface area contributed by atoms with E-state index in [4.69, 9.17) is 0 Å². The quantitative estimate of drug-likeness (QED) is 0.826. The lowest BCUT2D eigenvalue weighted by Crippen LogP contribution is -2.56. The van der Waals surface area contributed by atoms with E-state index in [1.54, 1.807) is 0 Å². The van der Waals surface area contributed by atoms with Crippen LogP contribution in [-0.4, -0.2) is 54.6 Å². The van der Waals surface area contributed by atoms with Gasteiger partial charge in [-0.15, -0.1) is 0 Å². The minimum atomic E-state index is 0.339. The van der Waals surface area contributed by atoms with Crippen molar-refractivity contribution in [2.75, 3.05) is 32.7 Å². The molecule has 0 saturated carbocycles. The normalized spacial score (nSPS) is 29.8. The Morgan fingerprint density at radius 2 is 1.95 bits per heavy atom. The van der Waals surface area contributed by atoms with Gasteiger partial charge in [0.2, 0.25) is 0 Å². The number of piperazine rings is 1. The highest BCUT2D eigenvalue weighted by atomic mass is 15.3. The molecule has 0 spiro atoms. The van der Waals surface area contributed by atoms with Gasteiger partial charge in [0.05, 0.1) is 0 Å². The predicted molar refractivity (Wildman–Crippen MR) is 82.2 cm³/mol. The number of rotatable bonds is 2. The average Bonchev–Trinajstić information content (AvgIpc) is 2.50. The van der Waals surface area contributed by atoms with Crippen LogP contribution in [0.2, 0.25) is 0 Å². The van der Waals surface area contributed by atoms with Gasteiger partial charge in [0, 0.05) is 50.5 Å². The lowest BCUT2D eigenvalue weighted by atomic mass is 9.90. The largest absolute Gasteiger partial charge is 0.374 e. The Bertz CT molecular complexity index is 318. The number of nitrogens with zero attached hydrogens (tertiary/aromatic N) is 2. The lowest BCUT2D eigenvalue weighted by Gasteiger charge is -2.39. The van der Waals surface area contributed by atoms with Gasteiger partial charge in [0.25, 0.3) is 0 Å². The van der Waals surface area contributed by atoms with E-state index in [2.05, 4.69) is 49.4 Å². The highest BCUT2D eigenvalue weighted by Gasteiger charge is 2.30. The second-order valence-electron chi connectivity index (χ2n) is 7.48. The van der Waals surface area contributed by atoms with Crippen LogP contribution in [0.4, 0.5) is 0 Å². The van der Waals surface area contributed by atoms with Crippen LogP contribution in [0.3, 0.4) is 0 Å². The van der Waals surface area contributed by atoms with Crippen molar-refractivity contribution >= 4 is 0 Å². The first-order chi connectivity index (χ1) is 8.87. The average molecular weight is 265 g/mol. The van der Waals surface area contributed by atoms with E-state index in [9.17, 15) is 0 Å². The molecule has 0 amide bonds. The molecule has 3 heteroatoms. The Hall–Kier alpha value is -0.540. The highest BCUT2D eigenvalue weighted by Crippen LogP contribution is 2.27. The monoisotopic (exact) mass is 265 g/mol. The first kappa shape index (κ1) is 14.9. The predicted octanol–water partition coefficient (Wildman–Crippen LogP) is 2.30.